The maximum Gasteiger partial charge on any atom is 0.488 e. The summed E-state index contributed by atoms with van der Waals surface area (Å²) in [6.45, 7) is 0.332. The standard InChI is InChI=1S/C11H18N3O14P3/c15-7-3-8(14-4-6-1-2-25-13-9(6)12-11(14)16)26-10(7)24-5-29(17,18)27-31(22,23)28-30(19,20)21/h4,7-8,10,15H,1-3,5H2,(H,17,18)(H,22,23)(H,12,13,16)(H2,19,20,21)/t7?,8-,10+/m1/s1. The molecule has 2 aliphatic rings. The molecule has 176 valence electrons. The number of aliphatic hydroxyl groups excluding tert-OH is 1. The summed E-state index contributed by atoms with van der Waals surface area (Å²) in [5.74, 6) is 0.239. The molecule has 0 radical (unpaired) electrons. The lowest BCUT2D eigenvalue weighted by Crippen LogP contribution is -2.31. The molecule has 5 atom stereocenters. The Hall–Kier alpha value is -1.03. The molecule has 3 heterocycles. The monoisotopic (exact) mass is 509 g/mol. The summed E-state index contributed by atoms with van der Waals surface area (Å²) in [6, 6.07) is 0. The number of fused-ring (bicyclic) bond motifs is 1. The van der Waals surface area contributed by atoms with Crippen molar-refractivity contribution in [1.29, 1.82) is 0 Å². The highest BCUT2D eigenvalue weighted by Gasteiger charge is 2.42. The van der Waals surface area contributed by atoms with E-state index in [2.05, 4.69) is 19.1 Å². The minimum atomic E-state index is -5.62. The lowest BCUT2D eigenvalue weighted by atomic mass is 10.2. The Morgan fingerprint density at radius 3 is 2.61 bits per heavy atom. The Labute approximate surface area is 172 Å². The Kier molecular flexibility index (Phi) is 7.21. The Bertz CT molecular complexity index is 1020. The van der Waals surface area contributed by atoms with Crippen LogP contribution in [-0.4, -0.2) is 59.6 Å². The zero-order chi connectivity index (χ0) is 23.0. The largest absolute Gasteiger partial charge is 0.488 e. The smallest absolute Gasteiger partial charge is 0.388 e. The summed E-state index contributed by atoms with van der Waals surface area (Å²) in [5, 5.41) is 10.1. The zero-order valence-electron chi connectivity index (χ0n) is 15.3. The molecule has 3 unspecified atom stereocenters. The average Bonchev–Trinajstić information content (AvgIpc) is 2.97. The summed E-state index contributed by atoms with van der Waals surface area (Å²) in [5.41, 5.74) is 2.40. The van der Waals surface area contributed by atoms with Crippen molar-refractivity contribution in [3.8, 4) is 0 Å². The van der Waals surface area contributed by atoms with Gasteiger partial charge in [0, 0.05) is 24.6 Å². The van der Waals surface area contributed by atoms with Crippen molar-refractivity contribution in [2.24, 2.45) is 0 Å². The van der Waals surface area contributed by atoms with Crippen molar-refractivity contribution >= 4 is 29.1 Å². The van der Waals surface area contributed by atoms with Gasteiger partial charge in [-0.05, 0) is 0 Å². The number of ether oxygens (including phenoxy) is 2. The average molecular weight is 509 g/mol. The van der Waals surface area contributed by atoms with Crippen molar-refractivity contribution in [1.82, 2.24) is 9.55 Å². The van der Waals surface area contributed by atoms with E-state index in [1.807, 2.05) is 0 Å². The number of hydrogen-bond donors (Lipinski definition) is 6. The van der Waals surface area contributed by atoms with Crippen LogP contribution in [0.25, 0.3) is 0 Å². The van der Waals surface area contributed by atoms with Gasteiger partial charge >= 0.3 is 28.9 Å². The predicted molar refractivity (Wildman–Crippen MR) is 96.1 cm³/mol. The molecule has 1 saturated heterocycles. The first-order valence-electron chi connectivity index (χ1n) is 8.32. The normalized spacial score (nSPS) is 27.7. The van der Waals surface area contributed by atoms with Gasteiger partial charge in [-0.1, -0.05) is 0 Å². The first-order chi connectivity index (χ1) is 14.2. The molecule has 6 N–H and O–H groups in total. The molecule has 31 heavy (non-hydrogen) atoms. The van der Waals surface area contributed by atoms with Crippen LogP contribution in [0, 0.1) is 0 Å². The highest BCUT2D eigenvalue weighted by molar-refractivity contribution is 7.68. The molecule has 0 bridgehead atoms. The third-order valence-electron chi connectivity index (χ3n) is 3.87. The number of hydrogen-bond acceptors (Lipinski definition) is 12. The Morgan fingerprint density at radius 2 is 1.94 bits per heavy atom. The van der Waals surface area contributed by atoms with Gasteiger partial charge in [0.25, 0.3) is 0 Å². The van der Waals surface area contributed by atoms with Crippen LogP contribution < -0.4 is 11.2 Å². The van der Waals surface area contributed by atoms with Crippen LogP contribution in [0.1, 0.15) is 18.2 Å². The fraction of sp³-hybridized carbons (Fsp3) is 0.636. The number of nitrogens with one attached hydrogen (secondary N) is 1. The summed E-state index contributed by atoms with van der Waals surface area (Å²) in [6.07, 6.45) is -3.54. The lowest BCUT2D eigenvalue weighted by molar-refractivity contribution is -0.168. The molecule has 17 nitrogen and oxygen atoms in total. The van der Waals surface area contributed by atoms with Crippen molar-refractivity contribution < 1.29 is 61.3 Å². The number of aliphatic hydroxyl groups is 1. The van der Waals surface area contributed by atoms with Gasteiger partial charge in [0.1, 0.15) is 12.3 Å². The maximum absolute atomic E-state index is 12.2. The van der Waals surface area contributed by atoms with E-state index in [9.17, 15) is 28.5 Å². The van der Waals surface area contributed by atoms with E-state index in [4.69, 9.17) is 29.0 Å². The van der Waals surface area contributed by atoms with E-state index in [0.29, 0.717) is 18.6 Å². The second-order valence-electron chi connectivity index (χ2n) is 6.32. The van der Waals surface area contributed by atoms with E-state index in [1.54, 1.807) is 0 Å². The molecular weight excluding hydrogens is 491 g/mol. The van der Waals surface area contributed by atoms with E-state index in [0.717, 1.165) is 4.57 Å². The molecule has 1 aromatic heterocycles. The van der Waals surface area contributed by atoms with Crippen molar-refractivity contribution in [2.45, 2.75) is 31.5 Å². The van der Waals surface area contributed by atoms with Gasteiger partial charge in [-0.3, -0.25) is 14.0 Å². The van der Waals surface area contributed by atoms with Crippen molar-refractivity contribution in [3.63, 3.8) is 0 Å². The van der Waals surface area contributed by atoms with Crippen LogP contribution >= 0.6 is 23.2 Å². The molecule has 3 rings (SSSR count). The highest BCUT2D eigenvalue weighted by atomic mass is 31.3. The van der Waals surface area contributed by atoms with E-state index >= 15 is 0 Å². The quantitative estimate of drug-likeness (QED) is 0.233. The summed E-state index contributed by atoms with van der Waals surface area (Å²) in [7, 11) is -16.2. The van der Waals surface area contributed by atoms with E-state index in [1.165, 1.54) is 6.20 Å². The van der Waals surface area contributed by atoms with Crippen LogP contribution in [0.15, 0.2) is 11.0 Å². The molecular formula is C11H18N3O14P3. The van der Waals surface area contributed by atoms with Gasteiger partial charge in [0.15, 0.2) is 18.5 Å². The van der Waals surface area contributed by atoms with Gasteiger partial charge in [-0.25, -0.2) is 23.7 Å². The van der Waals surface area contributed by atoms with Crippen LogP contribution in [0.2, 0.25) is 0 Å². The third kappa shape index (κ3) is 6.73. The number of aromatic nitrogens is 2. The molecule has 20 heteroatoms. The molecule has 2 aliphatic heterocycles. The van der Waals surface area contributed by atoms with Crippen molar-refractivity contribution in [2.75, 3.05) is 18.4 Å². The SMILES string of the molecule is O=c1nc2c(cn1[C@H]1CC(O)[C@@H](OCP(=O)(O)OP(=O)(O)OP(=O)(O)O)O1)CCON2. The fourth-order valence-corrected chi connectivity index (χ4v) is 5.99. The van der Waals surface area contributed by atoms with Gasteiger partial charge in [-0.15, -0.1) is 0 Å². The van der Waals surface area contributed by atoms with Crippen LogP contribution in [-0.2, 0) is 43.0 Å². The second-order valence-corrected chi connectivity index (χ2v) is 11.1. The first kappa shape index (κ1) is 24.6. The highest BCUT2D eigenvalue weighted by Crippen LogP contribution is 2.66. The summed E-state index contributed by atoms with van der Waals surface area (Å²) < 4.78 is 52.5. The van der Waals surface area contributed by atoms with Gasteiger partial charge in [0.05, 0.1) is 6.61 Å². The maximum atomic E-state index is 12.2. The van der Waals surface area contributed by atoms with Crippen LogP contribution in [0.3, 0.4) is 0 Å². The van der Waals surface area contributed by atoms with Gasteiger partial charge in [0.2, 0.25) is 0 Å². The molecule has 0 amide bonds. The molecule has 0 saturated carbocycles. The molecule has 0 spiro atoms. The fourth-order valence-electron chi connectivity index (χ4n) is 2.72. The summed E-state index contributed by atoms with van der Waals surface area (Å²) >= 11 is 0. The second kappa shape index (κ2) is 9.08. The summed E-state index contributed by atoms with van der Waals surface area (Å²) in [4.78, 5) is 56.7. The Balaban J connectivity index is 1.63. The van der Waals surface area contributed by atoms with E-state index in [-0.39, 0.29) is 12.2 Å². The minimum Gasteiger partial charge on any atom is -0.388 e. The third-order valence-corrected chi connectivity index (χ3v) is 7.87. The number of rotatable bonds is 8. The van der Waals surface area contributed by atoms with Gasteiger partial charge < -0.3 is 34.2 Å². The van der Waals surface area contributed by atoms with Crippen molar-refractivity contribution in [3.05, 3.63) is 22.2 Å². The molecule has 1 aromatic rings. The predicted octanol–water partition coefficient (Wildman–Crippen LogP) is -0.865. The molecule has 0 aliphatic carbocycles. The number of anilines is 1. The van der Waals surface area contributed by atoms with Crippen LogP contribution in [0.5, 0.6) is 0 Å². The number of phosphoric acid groups is 2. The minimum absolute atomic E-state index is 0.161. The topological polar surface area (TPSA) is 245 Å². The lowest BCUT2D eigenvalue weighted by Gasteiger charge is -2.21. The number of nitrogens with zero attached hydrogens (tertiary/aromatic N) is 2. The zero-order valence-corrected chi connectivity index (χ0v) is 18.0. The Morgan fingerprint density at radius 1 is 1.23 bits per heavy atom. The first-order valence-corrected chi connectivity index (χ1v) is 13.1. The van der Waals surface area contributed by atoms with Gasteiger partial charge in [-0.2, -0.15) is 9.29 Å². The van der Waals surface area contributed by atoms with Crippen LogP contribution in [0.4, 0.5) is 5.82 Å². The van der Waals surface area contributed by atoms with E-state index < -0.39 is 53.9 Å². The molecule has 0 aromatic carbocycles. The molecule has 1 fully saturated rings.